The van der Waals surface area contributed by atoms with Crippen LogP contribution in [0.1, 0.15) is 11.3 Å². The largest absolute Gasteiger partial charge is 0.496 e. The molecule has 1 N–H and O–H groups in total. The Balaban J connectivity index is 1.88. The average molecular weight is 274 g/mol. The lowest BCUT2D eigenvalue weighted by atomic mass is 10.2. The smallest absolute Gasteiger partial charge is 0.317 e. The van der Waals surface area contributed by atoms with E-state index in [-0.39, 0.29) is 6.03 Å². The summed E-state index contributed by atoms with van der Waals surface area (Å²) in [4.78, 5) is 13.5. The van der Waals surface area contributed by atoms with Gasteiger partial charge < -0.3 is 19.4 Å². The van der Waals surface area contributed by atoms with Crippen molar-refractivity contribution in [1.29, 1.82) is 0 Å². The van der Waals surface area contributed by atoms with Crippen LogP contribution in [0.15, 0.2) is 47.1 Å². The fraction of sp³-hybridized carbons (Fsp3) is 0.267. The van der Waals surface area contributed by atoms with Crippen LogP contribution in [0.4, 0.5) is 4.79 Å². The van der Waals surface area contributed by atoms with Crippen LogP contribution in [0.2, 0.25) is 0 Å². The first kappa shape index (κ1) is 14.0. The maximum absolute atomic E-state index is 12.0. The van der Waals surface area contributed by atoms with E-state index >= 15 is 0 Å². The van der Waals surface area contributed by atoms with Crippen molar-refractivity contribution in [3.05, 3.63) is 54.0 Å². The molecule has 0 fully saturated rings. The lowest BCUT2D eigenvalue weighted by Gasteiger charge is -2.17. The van der Waals surface area contributed by atoms with Crippen LogP contribution in [0.25, 0.3) is 0 Å². The quantitative estimate of drug-likeness (QED) is 0.912. The number of carbonyl (C=O) groups excluding carboxylic acids is 1. The Kier molecular flexibility index (Phi) is 4.65. The van der Waals surface area contributed by atoms with E-state index in [4.69, 9.17) is 9.15 Å². The van der Waals surface area contributed by atoms with E-state index in [1.807, 2.05) is 30.3 Å². The van der Waals surface area contributed by atoms with Crippen LogP contribution in [0.5, 0.6) is 5.75 Å². The highest BCUT2D eigenvalue weighted by atomic mass is 16.5. The monoisotopic (exact) mass is 274 g/mol. The highest BCUT2D eigenvalue weighted by molar-refractivity contribution is 5.73. The van der Waals surface area contributed by atoms with Gasteiger partial charge in [-0.05, 0) is 18.2 Å². The normalized spacial score (nSPS) is 10.1. The molecule has 1 heterocycles. The van der Waals surface area contributed by atoms with Crippen LogP contribution in [-0.2, 0) is 13.1 Å². The van der Waals surface area contributed by atoms with Crippen molar-refractivity contribution in [3.63, 3.8) is 0 Å². The minimum Gasteiger partial charge on any atom is -0.496 e. The topological polar surface area (TPSA) is 54.7 Å². The molecule has 0 atom stereocenters. The first-order valence-electron chi connectivity index (χ1n) is 6.34. The zero-order valence-electron chi connectivity index (χ0n) is 11.6. The number of urea groups is 1. The summed E-state index contributed by atoms with van der Waals surface area (Å²) in [7, 11) is 3.34. The molecule has 2 rings (SSSR count). The summed E-state index contributed by atoms with van der Waals surface area (Å²) in [5.41, 5.74) is 0.940. The summed E-state index contributed by atoms with van der Waals surface area (Å²) in [6.07, 6.45) is 1.59. The number of nitrogens with one attached hydrogen (secondary N) is 1. The molecular weight excluding hydrogens is 256 g/mol. The van der Waals surface area contributed by atoms with Gasteiger partial charge in [0, 0.05) is 19.2 Å². The van der Waals surface area contributed by atoms with Crippen LogP contribution in [0.3, 0.4) is 0 Å². The van der Waals surface area contributed by atoms with Gasteiger partial charge in [0.25, 0.3) is 0 Å². The second-order valence-corrected chi connectivity index (χ2v) is 4.41. The Labute approximate surface area is 118 Å². The third-order valence-electron chi connectivity index (χ3n) is 2.94. The molecular formula is C15H18N2O3. The van der Waals surface area contributed by atoms with Crippen molar-refractivity contribution in [2.45, 2.75) is 13.1 Å². The summed E-state index contributed by atoms with van der Waals surface area (Å²) in [5, 5.41) is 2.85. The van der Waals surface area contributed by atoms with Gasteiger partial charge in [0.1, 0.15) is 11.5 Å². The van der Waals surface area contributed by atoms with Gasteiger partial charge in [0.2, 0.25) is 0 Å². The van der Waals surface area contributed by atoms with Crippen molar-refractivity contribution in [3.8, 4) is 5.75 Å². The van der Waals surface area contributed by atoms with E-state index in [1.54, 1.807) is 31.4 Å². The molecule has 1 aromatic heterocycles. The van der Waals surface area contributed by atoms with Gasteiger partial charge in [-0.15, -0.1) is 0 Å². The van der Waals surface area contributed by atoms with Gasteiger partial charge in [0.05, 0.1) is 19.9 Å². The molecule has 2 aromatic rings. The van der Waals surface area contributed by atoms with E-state index in [2.05, 4.69) is 5.32 Å². The number of benzene rings is 1. The maximum atomic E-state index is 12.0. The van der Waals surface area contributed by atoms with Crippen LogP contribution in [0, 0.1) is 0 Å². The van der Waals surface area contributed by atoms with Crippen molar-refractivity contribution in [1.82, 2.24) is 10.2 Å². The molecule has 0 bridgehead atoms. The lowest BCUT2D eigenvalue weighted by Crippen LogP contribution is -2.36. The number of nitrogens with zero attached hydrogens (tertiary/aromatic N) is 1. The van der Waals surface area contributed by atoms with Gasteiger partial charge in [-0.1, -0.05) is 18.2 Å². The molecule has 0 aliphatic rings. The van der Waals surface area contributed by atoms with Gasteiger partial charge in [-0.3, -0.25) is 0 Å². The number of methoxy groups -OCH3 is 1. The second kappa shape index (κ2) is 6.65. The molecule has 0 saturated heterocycles. The molecule has 5 heteroatoms. The van der Waals surface area contributed by atoms with Gasteiger partial charge >= 0.3 is 6.03 Å². The van der Waals surface area contributed by atoms with Gasteiger partial charge in [-0.25, -0.2) is 4.79 Å². The third-order valence-corrected chi connectivity index (χ3v) is 2.94. The number of ether oxygens (including phenoxy) is 1. The number of para-hydroxylation sites is 1. The summed E-state index contributed by atoms with van der Waals surface area (Å²) < 4.78 is 10.5. The van der Waals surface area contributed by atoms with Crippen molar-refractivity contribution >= 4 is 6.03 Å². The Morgan fingerprint density at radius 1 is 1.30 bits per heavy atom. The summed E-state index contributed by atoms with van der Waals surface area (Å²) >= 11 is 0. The number of carbonyl (C=O) groups is 1. The highest BCUT2D eigenvalue weighted by Crippen LogP contribution is 2.16. The molecule has 5 nitrogen and oxygen atoms in total. The molecule has 106 valence electrons. The number of amides is 2. The van der Waals surface area contributed by atoms with E-state index in [0.717, 1.165) is 17.1 Å². The van der Waals surface area contributed by atoms with Crippen molar-refractivity contribution < 1.29 is 13.9 Å². The standard InChI is InChI=1S/C15H18N2O3/c1-17(11-13-7-5-9-20-13)15(18)16-10-12-6-3-4-8-14(12)19-2/h3-9H,10-11H2,1-2H3,(H,16,18). The third kappa shape index (κ3) is 3.54. The number of furan rings is 1. The fourth-order valence-electron chi connectivity index (χ4n) is 1.86. The second-order valence-electron chi connectivity index (χ2n) is 4.41. The molecule has 2 amide bonds. The minimum absolute atomic E-state index is 0.160. The maximum Gasteiger partial charge on any atom is 0.317 e. The first-order valence-corrected chi connectivity index (χ1v) is 6.34. The highest BCUT2D eigenvalue weighted by Gasteiger charge is 2.11. The number of hydrogen-bond acceptors (Lipinski definition) is 3. The predicted molar refractivity (Wildman–Crippen MR) is 75.4 cm³/mol. The molecule has 1 aromatic carbocycles. The van der Waals surface area contributed by atoms with Crippen molar-refractivity contribution in [2.24, 2.45) is 0 Å². The average Bonchev–Trinajstić information content (AvgIpc) is 2.97. The molecule has 0 aliphatic heterocycles. The molecule has 0 spiro atoms. The van der Waals surface area contributed by atoms with Gasteiger partial charge in [-0.2, -0.15) is 0 Å². The predicted octanol–water partition coefficient (Wildman–Crippen LogP) is 2.63. The van der Waals surface area contributed by atoms with Crippen molar-refractivity contribution in [2.75, 3.05) is 14.2 Å². The number of rotatable bonds is 5. The molecule has 0 saturated carbocycles. The van der Waals surface area contributed by atoms with E-state index in [0.29, 0.717) is 13.1 Å². The first-order chi connectivity index (χ1) is 9.70. The molecule has 20 heavy (non-hydrogen) atoms. The molecule has 0 radical (unpaired) electrons. The Bertz CT molecular complexity index is 552. The van der Waals surface area contributed by atoms with E-state index < -0.39 is 0 Å². The SMILES string of the molecule is COc1ccccc1CNC(=O)N(C)Cc1ccco1. The summed E-state index contributed by atoms with van der Waals surface area (Å²) in [6, 6.07) is 11.1. The van der Waals surface area contributed by atoms with Crippen LogP contribution >= 0.6 is 0 Å². The number of hydrogen-bond donors (Lipinski definition) is 1. The van der Waals surface area contributed by atoms with Crippen LogP contribution < -0.4 is 10.1 Å². The Morgan fingerprint density at radius 3 is 2.80 bits per heavy atom. The van der Waals surface area contributed by atoms with Gasteiger partial charge in [0.15, 0.2) is 0 Å². The Morgan fingerprint density at radius 2 is 2.10 bits per heavy atom. The minimum atomic E-state index is -0.160. The zero-order chi connectivity index (χ0) is 14.4. The fourth-order valence-corrected chi connectivity index (χ4v) is 1.86. The molecule has 0 unspecified atom stereocenters. The summed E-state index contributed by atoms with van der Waals surface area (Å²) in [6.45, 7) is 0.857. The molecule has 0 aliphatic carbocycles. The Hall–Kier alpha value is -2.43. The van der Waals surface area contributed by atoms with E-state index in [9.17, 15) is 4.79 Å². The summed E-state index contributed by atoms with van der Waals surface area (Å²) in [5.74, 6) is 1.52. The lowest BCUT2D eigenvalue weighted by molar-refractivity contribution is 0.202. The van der Waals surface area contributed by atoms with E-state index in [1.165, 1.54) is 0 Å². The van der Waals surface area contributed by atoms with Crippen LogP contribution in [-0.4, -0.2) is 25.1 Å². The zero-order valence-corrected chi connectivity index (χ0v) is 11.6.